The molecule has 1 aliphatic carbocycles. The molecule has 0 aromatic heterocycles. The zero-order valence-corrected chi connectivity index (χ0v) is 10.1. The van der Waals surface area contributed by atoms with E-state index in [2.05, 4.69) is 45.9 Å². The van der Waals surface area contributed by atoms with Crippen LogP contribution in [-0.2, 0) is 0 Å². The van der Waals surface area contributed by atoms with Crippen molar-refractivity contribution in [1.82, 2.24) is 5.32 Å². The third-order valence-electron chi connectivity index (χ3n) is 4.34. The normalized spacial score (nSPS) is 25.4. The quantitative estimate of drug-likeness (QED) is 0.677. The number of hydrogen-bond donors (Lipinski definition) is 1. The molecule has 0 radical (unpaired) electrons. The summed E-state index contributed by atoms with van der Waals surface area (Å²) in [7, 11) is 0. The SMILES string of the molecule is C#CCC(NCC)C1C(C)(C)C1(C)C. The van der Waals surface area contributed by atoms with E-state index >= 15 is 0 Å². The molecule has 1 heteroatoms. The summed E-state index contributed by atoms with van der Waals surface area (Å²) in [5.41, 5.74) is 0.855. The minimum absolute atomic E-state index is 0.427. The number of terminal acetylenes is 1. The van der Waals surface area contributed by atoms with Gasteiger partial charge >= 0.3 is 0 Å². The van der Waals surface area contributed by atoms with Crippen LogP contribution in [0.4, 0.5) is 0 Å². The second-order valence-electron chi connectivity index (χ2n) is 5.49. The van der Waals surface area contributed by atoms with Crippen LogP contribution in [0.5, 0.6) is 0 Å². The Morgan fingerprint density at radius 1 is 1.29 bits per heavy atom. The minimum Gasteiger partial charge on any atom is -0.313 e. The molecule has 1 nitrogen and oxygen atoms in total. The van der Waals surface area contributed by atoms with Crippen LogP contribution in [0.3, 0.4) is 0 Å². The van der Waals surface area contributed by atoms with Gasteiger partial charge in [0, 0.05) is 12.5 Å². The Hall–Kier alpha value is -0.480. The molecule has 0 spiro atoms. The van der Waals surface area contributed by atoms with E-state index < -0.39 is 0 Å². The van der Waals surface area contributed by atoms with Crippen LogP contribution in [0.25, 0.3) is 0 Å². The summed E-state index contributed by atoms with van der Waals surface area (Å²) < 4.78 is 0. The molecule has 1 fully saturated rings. The molecule has 80 valence electrons. The lowest BCUT2D eigenvalue weighted by Gasteiger charge is -2.17. The van der Waals surface area contributed by atoms with E-state index in [4.69, 9.17) is 6.42 Å². The van der Waals surface area contributed by atoms with Gasteiger partial charge in [0.15, 0.2) is 0 Å². The maximum absolute atomic E-state index is 5.41. The Morgan fingerprint density at radius 2 is 1.79 bits per heavy atom. The van der Waals surface area contributed by atoms with Gasteiger partial charge in [0.1, 0.15) is 0 Å². The van der Waals surface area contributed by atoms with Gasteiger partial charge in [-0.15, -0.1) is 12.3 Å². The lowest BCUT2D eigenvalue weighted by molar-refractivity contribution is 0.412. The van der Waals surface area contributed by atoms with Crippen molar-refractivity contribution in [3.63, 3.8) is 0 Å². The molecule has 0 aromatic carbocycles. The first-order valence-electron chi connectivity index (χ1n) is 5.56. The average molecular weight is 193 g/mol. The average Bonchev–Trinajstić information content (AvgIpc) is 2.43. The molecule has 0 aliphatic heterocycles. The maximum atomic E-state index is 5.41. The third-order valence-corrected chi connectivity index (χ3v) is 4.34. The van der Waals surface area contributed by atoms with E-state index in [1.165, 1.54) is 0 Å². The van der Waals surface area contributed by atoms with Crippen molar-refractivity contribution in [1.29, 1.82) is 0 Å². The lowest BCUT2D eigenvalue weighted by Crippen LogP contribution is -2.32. The van der Waals surface area contributed by atoms with E-state index in [9.17, 15) is 0 Å². The van der Waals surface area contributed by atoms with Crippen molar-refractivity contribution in [2.45, 2.75) is 47.1 Å². The topological polar surface area (TPSA) is 12.0 Å². The molecule has 0 amide bonds. The largest absolute Gasteiger partial charge is 0.313 e. The second kappa shape index (κ2) is 3.59. The van der Waals surface area contributed by atoms with Crippen LogP contribution in [0.15, 0.2) is 0 Å². The molecule has 1 saturated carbocycles. The van der Waals surface area contributed by atoms with Gasteiger partial charge in [0.2, 0.25) is 0 Å². The summed E-state index contributed by atoms with van der Waals surface area (Å²) in [6.07, 6.45) is 6.26. The number of rotatable bonds is 4. The highest BCUT2D eigenvalue weighted by Gasteiger charge is 2.66. The van der Waals surface area contributed by atoms with Gasteiger partial charge in [-0.2, -0.15) is 0 Å². The van der Waals surface area contributed by atoms with Gasteiger partial charge in [-0.3, -0.25) is 0 Å². The highest BCUT2D eigenvalue weighted by Crippen LogP contribution is 2.69. The molecule has 1 N–H and O–H groups in total. The summed E-state index contributed by atoms with van der Waals surface area (Å²) in [5.74, 6) is 3.50. The smallest absolute Gasteiger partial charge is 0.0243 e. The van der Waals surface area contributed by atoms with Crippen LogP contribution in [-0.4, -0.2) is 12.6 Å². The summed E-state index contributed by atoms with van der Waals surface area (Å²) in [4.78, 5) is 0. The molecular weight excluding hydrogens is 170 g/mol. The minimum atomic E-state index is 0.427. The first-order chi connectivity index (χ1) is 6.39. The zero-order valence-electron chi connectivity index (χ0n) is 10.1. The van der Waals surface area contributed by atoms with Crippen molar-refractivity contribution in [2.75, 3.05) is 6.54 Å². The Kier molecular flexibility index (Phi) is 2.97. The Morgan fingerprint density at radius 3 is 2.07 bits per heavy atom. The zero-order chi connectivity index (χ0) is 11.0. The molecule has 1 rings (SSSR count). The van der Waals surface area contributed by atoms with Gasteiger partial charge in [0.05, 0.1) is 0 Å². The molecule has 0 saturated heterocycles. The predicted molar refractivity (Wildman–Crippen MR) is 62.0 cm³/mol. The number of nitrogens with one attached hydrogen (secondary N) is 1. The molecule has 1 unspecified atom stereocenters. The van der Waals surface area contributed by atoms with Crippen molar-refractivity contribution in [2.24, 2.45) is 16.7 Å². The van der Waals surface area contributed by atoms with E-state index in [0.717, 1.165) is 13.0 Å². The van der Waals surface area contributed by atoms with Crippen molar-refractivity contribution in [3.05, 3.63) is 0 Å². The van der Waals surface area contributed by atoms with Crippen LogP contribution in [0.2, 0.25) is 0 Å². The summed E-state index contributed by atoms with van der Waals surface area (Å²) in [6, 6.07) is 0.495. The van der Waals surface area contributed by atoms with E-state index in [-0.39, 0.29) is 0 Å². The molecular formula is C13H23N. The first-order valence-corrected chi connectivity index (χ1v) is 5.56. The van der Waals surface area contributed by atoms with Crippen LogP contribution >= 0.6 is 0 Å². The van der Waals surface area contributed by atoms with Gasteiger partial charge in [0.25, 0.3) is 0 Å². The summed E-state index contributed by atoms with van der Waals surface area (Å²) in [5, 5.41) is 3.51. The fourth-order valence-corrected chi connectivity index (χ4v) is 2.95. The predicted octanol–water partition coefficient (Wildman–Crippen LogP) is 2.67. The molecule has 0 bridgehead atoms. The van der Waals surface area contributed by atoms with E-state index in [1.807, 2.05) is 0 Å². The van der Waals surface area contributed by atoms with E-state index in [1.54, 1.807) is 0 Å². The molecule has 14 heavy (non-hydrogen) atoms. The fraction of sp³-hybridized carbons (Fsp3) is 0.846. The highest BCUT2D eigenvalue weighted by molar-refractivity contribution is 5.17. The number of hydrogen-bond acceptors (Lipinski definition) is 1. The van der Waals surface area contributed by atoms with Gasteiger partial charge in [-0.1, -0.05) is 34.6 Å². The van der Waals surface area contributed by atoms with Crippen molar-refractivity contribution < 1.29 is 0 Å². The first kappa shape index (κ1) is 11.6. The van der Waals surface area contributed by atoms with Gasteiger partial charge < -0.3 is 5.32 Å². The van der Waals surface area contributed by atoms with Crippen LogP contribution < -0.4 is 5.32 Å². The monoisotopic (exact) mass is 193 g/mol. The van der Waals surface area contributed by atoms with Crippen molar-refractivity contribution >= 4 is 0 Å². The molecule has 0 aromatic rings. The fourth-order valence-electron chi connectivity index (χ4n) is 2.95. The third kappa shape index (κ3) is 1.57. The van der Waals surface area contributed by atoms with Crippen LogP contribution in [0.1, 0.15) is 41.0 Å². The summed E-state index contributed by atoms with van der Waals surface area (Å²) >= 11 is 0. The standard InChI is InChI=1S/C13H23N/c1-7-9-10(14-8-2)11-12(3,4)13(11,5)6/h1,10-11,14H,8-9H2,2-6H3. The Labute approximate surface area is 88.7 Å². The van der Waals surface area contributed by atoms with Crippen LogP contribution in [0, 0.1) is 29.1 Å². The molecule has 1 atom stereocenters. The second-order valence-corrected chi connectivity index (χ2v) is 5.49. The highest BCUT2D eigenvalue weighted by atomic mass is 15.0. The summed E-state index contributed by atoms with van der Waals surface area (Å²) in [6.45, 7) is 12.5. The van der Waals surface area contributed by atoms with Gasteiger partial charge in [-0.05, 0) is 23.3 Å². The molecule has 0 heterocycles. The van der Waals surface area contributed by atoms with Crippen molar-refractivity contribution in [3.8, 4) is 12.3 Å². The Balaban J connectivity index is 2.69. The van der Waals surface area contributed by atoms with E-state index in [0.29, 0.717) is 22.8 Å². The lowest BCUT2D eigenvalue weighted by atomic mass is 10.0. The molecule has 1 aliphatic rings. The Bertz CT molecular complexity index is 230. The maximum Gasteiger partial charge on any atom is 0.0243 e. The van der Waals surface area contributed by atoms with Gasteiger partial charge in [-0.25, -0.2) is 0 Å².